The third-order valence-corrected chi connectivity index (χ3v) is 9.43. The van der Waals surface area contributed by atoms with Gasteiger partial charge in [0, 0.05) is 59.3 Å². The van der Waals surface area contributed by atoms with Crippen molar-refractivity contribution < 1.29 is 61.3 Å². The van der Waals surface area contributed by atoms with Crippen LogP contribution >= 0.6 is 0 Å². The molecule has 0 aromatic heterocycles. The Morgan fingerprint density at radius 1 is 0.250 bits per heavy atom. The standard InChI is InChI=1S/C42H30N2O12/c45-19-9-31(49)39(32(50)10-19)43(40-33(51)11-20(46)12-34(40)52)29-18-28-24-6-2-4-8-26(24)30(17-27(28)23-5-1-3-7-25(23)29)44(41-35(53)13-21(47)14-36(41)54)42-37(55)15-22(48)16-38(42)56/h1-18,45-56H. The van der Waals surface area contributed by atoms with Gasteiger partial charge in [-0.05, 0) is 33.7 Å². The number of hydrogen-bond acceptors (Lipinski definition) is 14. The SMILES string of the molecule is Oc1cc(O)c(N(c2c(O)cc(O)cc2O)c2cc3c4ccccc4c(N(c4c(O)cc(O)cc4O)c4c(O)cc(O)cc4O)cc3c3ccccc23)c(O)c1. The van der Waals surface area contributed by atoms with Crippen LogP contribution < -0.4 is 9.80 Å². The van der Waals surface area contributed by atoms with Gasteiger partial charge in [0.1, 0.15) is 91.7 Å². The number of phenols is 12. The van der Waals surface area contributed by atoms with Gasteiger partial charge in [0.2, 0.25) is 0 Å². The molecular weight excluding hydrogens is 724 g/mol. The van der Waals surface area contributed by atoms with Gasteiger partial charge in [-0.3, -0.25) is 9.80 Å². The van der Waals surface area contributed by atoms with Gasteiger partial charge in [0.05, 0.1) is 11.4 Å². The summed E-state index contributed by atoms with van der Waals surface area (Å²) in [6.07, 6.45) is 0. The Hall–Kier alpha value is -8.26. The van der Waals surface area contributed by atoms with E-state index in [9.17, 15) is 61.3 Å². The third-order valence-electron chi connectivity index (χ3n) is 9.43. The van der Waals surface area contributed by atoms with Crippen LogP contribution in [-0.4, -0.2) is 61.3 Å². The van der Waals surface area contributed by atoms with Gasteiger partial charge >= 0.3 is 0 Å². The number of fused-ring (bicyclic) bond motifs is 5. The van der Waals surface area contributed by atoms with E-state index in [1.165, 1.54) is 9.80 Å². The van der Waals surface area contributed by atoms with Crippen LogP contribution in [0.3, 0.4) is 0 Å². The fourth-order valence-corrected chi connectivity index (χ4v) is 7.26. The van der Waals surface area contributed by atoms with Gasteiger partial charge in [-0.25, -0.2) is 0 Å². The van der Waals surface area contributed by atoms with E-state index in [0.29, 0.717) is 32.3 Å². The Labute approximate surface area is 315 Å². The third kappa shape index (κ3) is 5.44. The molecule has 56 heavy (non-hydrogen) atoms. The van der Waals surface area contributed by atoms with Crippen LogP contribution in [0.2, 0.25) is 0 Å². The second-order valence-electron chi connectivity index (χ2n) is 13.0. The molecule has 0 bridgehead atoms. The van der Waals surface area contributed by atoms with E-state index in [4.69, 9.17) is 0 Å². The van der Waals surface area contributed by atoms with E-state index in [0.717, 1.165) is 48.5 Å². The Bertz CT molecular complexity index is 2530. The first-order valence-electron chi connectivity index (χ1n) is 16.7. The van der Waals surface area contributed by atoms with Gasteiger partial charge in [-0.15, -0.1) is 0 Å². The summed E-state index contributed by atoms with van der Waals surface area (Å²) in [6.45, 7) is 0. The predicted molar refractivity (Wildman–Crippen MR) is 208 cm³/mol. The first-order chi connectivity index (χ1) is 26.7. The quantitative estimate of drug-likeness (QED) is 0.0711. The zero-order valence-electron chi connectivity index (χ0n) is 28.7. The van der Waals surface area contributed by atoms with Crippen LogP contribution in [-0.2, 0) is 0 Å². The number of rotatable bonds is 6. The predicted octanol–water partition coefficient (Wildman–Crippen LogP) is 8.55. The average molecular weight is 755 g/mol. The highest BCUT2D eigenvalue weighted by molar-refractivity contribution is 6.25. The molecule has 8 aromatic carbocycles. The minimum Gasteiger partial charge on any atom is -0.508 e. The molecule has 280 valence electrons. The molecule has 0 saturated carbocycles. The molecule has 0 saturated heterocycles. The van der Waals surface area contributed by atoms with Gasteiger partial charge in [0.25, 0.3) is 0 Å². The Balaban J connectivity index is 1.54. The number of benzene rings is 8. The molecule has 0 heterocycles. The molecule has 0 amide bonds. The largest absolute Gasteiger partial charge is 0.508 e. The lowest BCUT2D eigenvalue weighted by Gasteiger charge is -2.31. The molecule has 8 rings (SSSR count). The molecule has 14 nitrogen and oxygen atoms in total. The van der Waals surface area contributed by atoms with E-state index in [2.05, 4.69) is 0 Å². The van der Waals surface area contributed by atoms with Crippen molar-refractivity contribution >= 4 is 66.4 Å². The van der Waals surface area contributed by atoms with Crippen LogP contribution in [0.25, 0.3) is 32.3 Å². The molecule has 0 aliphatic rings. The fourth-order valence-electron chi connectivity index (χ4n) is 7.26. The van der Waals surface area contributed by atoms with E-state index in [-0.39, 0.29) is 34.1 Å². The first-order valence-corrected chi connectivity index (χ1v) is 16.7. The summed E-state index contributed by atoms with van der Waals surface area (Å²) in [5, 5.41) is 133. The number of hydrogen-bond donors (Lipinski definition) is 12. The lowest BCUT2D eigenvalue weighted by molar-refractivity contribution is 0.422. The smallest absolute Gasteiger partial charge is 0.147 e. The van der Waals surface area contributed by atoms with Crippen molar-refractivity contribution in [2.24, 2.45) is 0 Å². The summed E-state index contributed by atoms with van der Waals surface area (Å²) in [5.41, 5.74) is -1.06. The van der Waals surface area contributed by atoms with E-state index in [1.807, 2.05) is 0 Å². The molecule has 8 aromatic rings. The van der Waals surface area contributed by atoms with Crippen molar-refractivity contribution in [3.8, 4) is 69.0 Å². The van der Waals surface area contributed by atoms with E-state index < -0.39 is 69.0 Å². The van der Waals surface area contributed by atoms with Gasteiger partial charge in [-0.2, -0.15) is 0 Å². The highest BCUT2D eigenvalue weighted by Crippen LogP contribution is 2.58. The van der Waals surface area contributed by atoms with Gasteiger partial charge in [0.15, 0.2) is 0 Å². The lowest BCUT2D eigenvalue weighted by atomic mass is 9.93. The fraction of sp³-hybridized carbons (Fsp3) is 0. The van der Waals surface area contributed by atoms with Crippen molar-refractivity contribution in [3.05, 3.63) is 109 Å². The summed E-state index contributed by atoms with van der Waals surface area (Å²) in [4.78, 5) is 2.34. The van der Waals surface area contributed by atoms with E-state index in [1.54, 1.807) is 60.7 Å². The topological polar surface area (TPSA) is 249 Å². The van der Waals surface area contributed by atoms with Crippen LogP contribution in [0.5, 0.6) is 69.0 Å². The second kappa shape index (κ2) is 12.7. The van der Waals surface area contributed by atoms with Crippen molar-refractivity contribution in [1.29, 1.82) is 0 Å². The summed E-state index contributed by atoms with van der Waals surface area (Å²) < 4.78 is 0. The minimum atomic E-state index is -0.642. The van der Waals surface area contributed by atoms with Crippen LogP contribution in [0.4, 0.5) is 34.1 Å². The normalized spacial score (nSPS) is 11.4. The molecule has 0 radical (unpaired) electrons. The first kappa shape index (κ1) is 34.8. The number of nitrogens with zero attached hydrogens (tertiary/aromatic N) is 2. The Kier molecular flexibility index (Phi) is 7.89. The molecule has 0 aliphatic carbocycles. The second-order valence-corrected chi connectivity index (χ2v) is 13.0. The zero-order chi connectivity index (χ0) is 39.7. The lowest BCUT2D eigenvalue weighted by Crippen LogP contribution is -2.13. The van der Waals surface area contributed by atoms with Crippen molar-refractivity contribution in [3.63, 3.8) is 0 Å². The number of anilines is 6. The molecule has 0 aliphatic heterocycles. The Morgan fingerprint density at radius 3 is 0.696 bits per heavy atom. The van der Waals surface area contributed by atoms with Gasteiger partial charge in [-0.1, -0.05) is 48.5 Å². The molecule has 0 atom stereocenters. The maximum atomic E-state index is 11.2. The highest BCUT2D eigenvalue weighted by Gasteiger charge is 2.31. The van der Waals surface area contributed by atoms with Crippen molar-refractivity contribution in [2.75, 3.05) is 9.80 Å². The summed E-state index contributed by atoms with van der Waals surface area (Å²) in [5.74, 6) is -7.06. The molecule has 14 heteroatoms. The molecule has 0 unspecified atom stereocenters. The van der Waals surface area contributed by atoms with Crippen molar-refractivity contribution in [2.45, 2.75) is 0 Å². The van der Waals surface area contributed by atoms with Gasteiger partial charge < -0.3 is 61.3 Å². The molecule has 0 spiro atoms. The maximum Gasteiger partial charge on any atom is 0.147 e. The monoisotopic (exact) mass is 754 g/mol. The average Bonchev–Trinajstić information content (AvgIpc) is 3.11. The molecule has 12 N–H and O–H groups in total. The minimum absolute atomic E-state index is 0.179. The zero-order valence-corrected chi connectivity index (χ0v) is 28.7. The van der Waals surface area contributed by atoms with Crippen LogP contribution in [0.15, 0.2) is 109 Å². The number of aromatic hydroxyl groups is 12. The van der Waals surface area contributed by atoms with E-state index >= 15 is 0 Å². The maximum absolute atomic E-state index is 11.2. The Morgan fingerprint density at radius 2 is 0.464 bits per heavy atom. The van der Waals surface area contributed by atoms with Crippen LogP contribution in [0.1, 0.15) is 0 Å². The summed E-state index contributed by atoms with van der Waals surface area (Å²) in [7, 11) is 0. The highest BCUT2D eigenvalue weighted by atomic mass is 16.3. The molecule has 0 fully saturated rings. The summed E-state index contributed by atoms with van der Waals surface area (Å²) in [6, 6.07) is 24.6. The molecular formula is C42H30N2O12. The van der Waals surface area contributed by atoms with Crippen molar-refractivity contribution in [1.82, 2.24) is 0 Å². The number of phenolic OH excluding ortho intramolecular Hbond substituents is 12. The van der Waals surface area contributed by atoms with Crippen LogP contribution in [0, 0.1) is 0 Å². The summed E-state index contributed by atoms with van der Waals surface area (Å²) >= 11 is 0.